The number of aliphatic hydroxyl groups excluding tert-OH is 3. The van der Waals surface area contributed by atoms with E-state index in [9.17, 15) is 15.0 Å². The molecule has 0 saturated carbocycles. The maximum absolute atomic E-state index is 11.8. The van der Waals surface area contributed by atoms with Gasteiger partial charge in [-0.25, -0.2) is 18.5 Å². The highest BCUT2D eigenvalue weighted by Crippen LogP contribution is 2.29. The Kier molecular flexibility index (Phi) is 15.9. The van der Waals surface area contributed by atoms with Crippen LogP contribution in [0.25, 0.3) is 6.08 Å². The average molecular weight is 642 g/mol. The first kappa shape index (κ1) is 36.2. The maximum atomic E-state index is 11.8. The normalized spacial score (nSPS) is 22.3. The second kappa shape index (κ2) is 15.4. The van der Waals surface area contributed by atoms with Gasteiger partial charge in [-0.1, -0.05) is 15.9 Å². The molecule has 0 amide bonds. The summed E-state index contributed by atoms with van der Waals surface area (Å²) in [5.74, 6) is 0.0358. The van der Waals surface area contributed by atoms with E-state index in [1.54, 1.807) is 6.08 Å². The van der Waals surface area contributed by atoms with Crippen LogP contribution in [0.15, 0.2) is 16.0 Å². The van der Waals surface area contributed by atoms with Crippen molar-refractivity contribution in [2.45, 2.75) is 24.5 Å². The molecule has 0 bridgehead atoms. The van der Waals surface area contributed by atoms with Crippen LogP contribution in [0.4, 0.5) is 5.82 Å². The van der Waals surface area contributed by atoms with Gasteiger partial charge in [-0.2, -0.15) is 4.98 Å². The van der Waals surface area contributed by atoms with Crippen molar-refractivity contribution in [3.63, 3.8) is 0 Å². The van der Waals surface area contributed by atoms with E-state index in [1.165, 1.54) is 11.2 Å². The van der Waals surface area contributed by atoms with Crippen molar-refractivity contribution in [2.24, 2.45) is 0 Å². The van der Waals surface area contributed by atoms with Crippen LogP contribution in [0, 0.1) is 0 Å². The second-order valence-electron chi connectivity index (χ2n) is 5.83. The number of aromatic nitrogens is 2. The number of nitrogens with zero attached hydrogens (tertiary/aromatic N) is 2. The van der Waals surface area contributed by atoms with Gasteiger partial charge < -0.3 is 69.8 Å². The SMILES string of the molecule is Nc1nc(=O)n([C@@H]2O[C@H](CO)[C@@H](O)[C@H]2O)cc1/C=C/Br.O=P(O)(O)O.O=P(O)(O)O.O=P(O)(O)O. The Morgan fingerprint density at radius 1 is 0.971 bits per heavy atom. The number of halogens is 1. The summed E-state index contributed by atoms with van der Waals surface area (Å²) < 4.78 is 32.9. The molecule has 14 N–H and O–H groups in total. The van der Waals surface area contributed by atoms with Gasteiger partial charge in [-0.3, -0.25) is 4.57 Å². The fourth-order valence-corrected chi connectivity index (χ4v) is 2.27. The first-order valence-electron chi connectivity index (χ1n) is 8.12. The van der Waals surface area contributed by atoms with Gasteiger partial charge in [0.2, 0.25) is 0 Å². The Morgan fingerprint density at radius 2 is 1.37 bits per heavy atom. The molecular weight excluding hydrogens is 619 g/mol. The topological polar surface area (TPSA) is 364 Å². The lowest BCUT2D eigenvalue weighted by molar-refractivity contribution is -0.0549. The third kappa shape index (κ3) is 19.9. The smallest absolute Gasteiger partial charge is 0.394 e. The maximum Gasteiger partial charge on any atom is 0.466 e. The molecule has 20 nitrogen and oxygen atoms in total. The van der Waals surface area contributed by atoms with Crippen LogP contribution in [0.3, 0.4) is 0 Å². The standard InChI is InChI=1S/C11H14BrN3O5.3H3O4P/c12-2-1-5-3-15(11(19)14-9(5)13)10-8(18)7(17)6(4-16)20-10;3*1-5(2,3)4/h1-3,6-8,10,16-18H,4H2,(H2,13,14,19);3*(H3,1,2,3,4)/b2-1+;;;/t6-,7-,8-,10-;;;/m1.../s1. The van der Waals surface area contributed by atoms with Gasteiger partial charge in [0.05, 0.1) is 6.61 Å². The summed E-state index contributed by atoms with van der Waals surface area (Å²) >= 11 is 3.08. The molecule has 2 rings (SSSR count). The molecular formula is C11H23BrN3O17P3. The number of anilines is 1. The Bertz CT molecular complexity index is 946. The number of hydrogen-bond donors (Lipinski definition) is 13. The Hall–Kier alpha value is -0.930. The van der Waals surface area contributed by atoms with Crippen molar-refractivity contribution in [1.82, 2.24) is 9.55 Å². The largest absolute Gasteiger partial charge is 0.466 e. The van der Waals surface area contributed by atoms with Gasteiger partial charge in [0.1, 0.15) is 24.1 Å². The molecule has 1 fully saturated rings. The lowest BCUT2D eigenvalue weighted by atomic mass is 10.1. The summed E-state index contributed by atoms with van der Waals surface area (Å²) in [7, 11) is -13.9. The molecule has 2 heterocycles. The van der Waals surface area contributed by atoms with Crippen LogP contribution in [-0.4, -0.2) is 93.8 Å². The third-order valence-corrected chi connectivity index (χ3v) is 3.31. The zero-order valence-electron chi connectivity index (χ0n) is 16.8. The number of rotatable bonds is 3. The highest BCUT2D eigenvalue weighted by Gasteiger charge is 2.43. The van der Waals surface area contributed by atoms with E-state index in [1.807, 2.05) is 0 Å². The van der Waals surface area contributed by atoms with Crippen LogP contribution in [0.2, 0.25) is 0 Å². The minimum atomic E-state index is -4.64. The zero-order chi connectivity index (χ0) is 28.4. The van der Waals surface area contributed by atoms with Gasteiger partial charge in [0, 0.05) is 11.8 Å². The van der Waals surface area contributed by atoms with E-state index in [0.29, 0.717) is 5.56 Å². The van der Waals surface area contributed by atoms with Crippen LogP contribution < -0.4 is 11.4 Å². The summed E-state index contributed by atoms with van der Waals surface area (Å²) in [5, 5.41) is 28.6. The summed E-state index contributed by atoms with van der Waals surface area (Å²) in [5.41, 5.74) is 5.33. The van der Waals surface area contributed by atoms with Gasteiger partial charge >= 0.3 is 29.2 Å². The van der Waals surface area contributed by atoms with Crippen molar-refractivity contribution in [3.8, 4) is 0 Å². The molecule has 0 aromatic carbocycles. The first-order chi connectivity index (χ1) is 15.5. The third-order valence-electron chi connectivity index (χ3n) is 3.04. The molecule has 1 aliphatic heterocycles. The molecule has 0 radical (unpaired) electrons. The Labute approximate surface area is 203 Å². The van der Waals surface area contributed by atoms with Crippen molar-refractivity contribution >= 4 is 51.3 Å². The monoisotopic (exact) mass is 641 g/mol. The average Bonchev–Trinajstić information content (AvgIpc) is 2.88. The number of phosphoric acid groups is 3. The minimum absolute atomic E-state index is 0.0358. The zero-order valence-corrected chi connectivity index (χ0v) is 21.1. The number of ether oxygens (including phenoxy) is 1. The Balaban J connectivity index is 0. The predicted octanol–water partition coefficient (Wildman–Crippen LogP) is -3.98. The van der Waals surface area contributed by atoms with Crippen molar-refractivity contribution in [2.75, 3.05) is 12.3 Å². The van der Waals surface area contributed by atoms with Crippen molar-refractivity contribution in [3.05, 3.63) is 27.2 Å². The van der Waals surface area contributed by atoms with Gasteiger partial charge in [-0.15, -0.1) is 0 Å². The molecule has 1 aliphatic rings. The summed E-state index contributed by atoms with van der Waals surface area (Å²) in [6.07, 6.45) is -1.80. The fraction of sp³-hybridized carbons (Fsp3) is 0.455. The molecule has 0 spiro atoms. The summed E-state index contributed by atoms with van der Waals surface area (Å²) in [6, 6.07) is 0. The number of aliphatic hydroxyl groups is 3. The number of nitrogen functional groups attached to an aromatic ring is 1. The van der Waals surface area contributed by atoms with Crippen LogP contribution in [0.1, 0.15) is 11.8 Å². The minimum Gasteiger partial charge on any atom is -0.394 e. The van der Waals surface area contributed by atoms with Gasteiger partial charge in [0.15, 0.2) is 6.23 Å². The first-order valence-corrected chi connectivity index (χ1v) is 13.7. The summed E-state index contributed by atoms with van der Waals surface area (Å²) in [4.78, 5) is 81.7. The van der Waals surface area contributed by atoms with E-state index in [4.69, 9.17) is 73.3 Å². The molecule has 206 valence electrons. The van der Waals surface area contributed by atoms with E-state index in [2.05, 4.69) is 20.9 Å². The number of hydrogen-bond acceptors (Lipinski definition) is 10. The van der Waals surface area contributed by atoms with Gasteiger partial charge in [-0.05, 0) is 11.1 Å². The molecule has 24 heteroatoms. The second-order valence-corrected chi connectivity index (χ2v) is 9.44. The lowest BCUT2D eigenvalue weighted by Gasteiger charge is -2.18. The predicted molar refractivity (Wildman–Crippen MR) is 117 cm³/mol. The van der Waals surface area contributed by atoms with Crippen LogP contribution in [0.5, 0.6) is 0 Å². The van der Waals surface area contributed by atoms with Crippen molar-refractivity contribution < 1.29 is 77.8 Å². The molecule has 1 saturated heterocycles. The van der Waals surface area contributed by atoms with Crippen molar-refractivity contribution in [1.29, 1.82) is 0 Å². The van der Waals surface area contributed by atoms with Gasteiger partial charge in [0.25, 0.3) is 0 Å². The van der Waals surface area contributed by atoms with E-state index < -0.39 is 60.3 Å². The molecule has 1 aromatic rings. The van der Waals surface area contributed by atoms with E-state index in [-0.39, 0.29) is 5.82 Å². The van der Waals surface area contributed by atoms with E-state index in [0.717, 1.165) is 4.57 Å². The molecule has 35 heavy (non-hydrogen) atoms. The highest BCUT2D eigenvalue weighted by atomic mass is 79.9. The highest BCUT2D eigenvalue weighted by molar-refractivity contribution is 9.11. The molecule has 0 unspecified atom stereocenters. The molecule has 4 atom stereocenters. The van der Waals surface area contributed by atoms with E-state index >= 15 is 0 Å². The number of nitrogens with two attached hydrogens (primary N) is 1. The van der Waals surface area contributed by atoms with Crippen LogP contribution >= 0.6 is 39.4 Å². The van der Waals surface area contributed by atoms with Crippen LogP contribution in [-0.2, 0) is 18.4 Å². The lowest BCUT2D eigenvalue weighted by Crippen LogP contribution is -2.36. The Morgan fingerprint density at radius 3 is 1.69 bits per heavy atom. The molecule has 1 aromatic heterocycles. The fourth-order valence-electron chi connectivity index (χ4n) is 1.98. The molecule has 0 aliphatic carbocycles. The quantitative estimate of drug-likeness (QED) is 0.140. The summed E-state index contributed by atoms with van der Waals surface area (Å²) in [6.45, 7) is -0.472.